The molecule has 4 aromatic rings. The predicted octanol–water partition coefficient (Wildman–Crippen LogP) is 5.71. The van der Waals surface area contributed by atoms with Crippen molar-refractivity contribution >= 4 is 39.1 Å². The molecule has 0 spiro atoms. The summed E-state index contributed by atoms with van der Waals surface area (Å²) >= 11 is 6.41. The van der Waals surface area contributed by atoms with Crippen molar-refractivity contribution in [3.8, 4) is 5.75 Å². The molecule has 0 aliphatic rings. The highest BCUT2D eigenvalue weighted by Crippen LogP contribution is 2.32. The second-order valence-electron chi connectivity index (χ2n) is 10.1. The topological polar surface area (TPSA) is 96.0 Å². The average molecular weight is 634 g/mol. The van der Waals surface area contributed by atoms with Gasteiger partial charge in [-0.1, -0.05) is 97.4 Å². The van der Waals surface area contributed by atoms with Gasteiger partial charge in [0, 0.05) is 19.5 Å². The van der Waals surface area contributed by atoms with Crippen molar-refractivity contribution in [1.29, 1.82) is 0 Å². The van der Waals surface area contributed by atoms with Gasteiger partial charge in [-0.3, -0.25) is 13.9 Å². The summed E-state index contributed by atoms with van der Waals surface area (Å²) in [6, 6.07) is 30.3. The molecule has 1 N–H and O–H groups in total. The molecule has 2 amide bonds. The fraction of sp³-hybridized carbons (Fsp3) is 0.235. The summed E-state index contributed by atoms with van der Waals surface area (Å²) in [4.78, 5) is 29.5. The molecule has 0 heterocycles. The van der Waals surface area contributed by atoms with E-state index in [1.807, 2.05) is 67.6 Å². The molecule has 10 heteroatoms. The molecular formula is C34H36ClN3O5S. The first kappa shape index (κ1) is 32.6. The van der Waals surface area contributed by atoms with Crippen molar-refractivity contribution in [2.75, 3.05) is 24.5 Å². The monoisotopic (exact) mass is 633 g/mol. The number of sulfonamides is 1. The number of nitrogens with one attached hydrogen (secondary N) is 1. The first-order chi connectivity index (χ1) is 21.2. The highest BCUT2D eigenvalue weighted by atomic mass is 35.5. The molecule has 4 aromatic carbocycles. The zero-order valence-electron chi connectivity index (χ0n) is 24.7. The van der Waals surface area contributed by atoms with Crippen LogP contribution in [0.15, 0.2) is 114 Å². The lowest BCUT2D eigenvalue weighted by atomic mass is 10.0. The van der Waals surface area contributed by atoms with E-state index in [0.29, 0.717) is 12.3 Å². The molecule has 0 saturated carbocycles. The molecule has 4 rings (SSSR count). The largest absolute Gasteiger partial charge is 0.495 e. The highest BCUT2D eigenvalue weighted by molar-refractivity contribution is 7.92. The quantitative estimate of drug-likeness (QED) is 0.192. The van der Waals surface area contributed by atoms with Gasteiger partial charge in [-0.25, -0.2) is 8.42 Å². The number of hydrogen-bond acceptors (Lipinski definition) is 5. The minimum atomic E-state index is -4.23. The SMILES string of the molecule is CCCNC(=O)C(Cc1ccccc1)N(Cc1ccccc1)C(=O)CN(c1ccc(OC)c(Cl)c1)S(=O)(=O)c1ccccc1. The van der Waals surface area contributed by atoms with Crippen molar-refractivity contribution in [1.82, 2.24) is 10.2 Å². The van der Waals surface area contributed by atoms with E-state index in [1.54, 1.807) is 24.3 Å². The Kier molecular flexibility index (Phi) is 11.4. The Morgan fingerprint density at radius 2 is 1.45 bits per heavy atom. The van der Waals surface area contributed by atoms with Gasteiger partial charge in [0.15, 0.2) is 0 Å². The summed E-state index contributed by atoms with van der Waals surface area (Å²) in [5, 5.41) is 3.13. The van der Waals surface area contributed by atoms with Gasteiger partial charge in [-0.15, -0.1) is 0 Å². The lowest BCUT2D eigenvalue weighted by molar-refractivity contribution is -0.140. The van der Waals surface area contributed by atoms with Crippen molar-refractivity contribution in [3.05, 3.63) is 125 Å². The third kappa shape index (κ3) is 8.18. The summed E-state index contributed by atoms with van der Waals surface area (Å²) in [6.45, 7) is 1.92. The number of carbonyl (C=O) groups is 2. The number of methoxy groups -OCH3 is 1. The minimum absolute atomic E-state index is 0.0101. The zero-order chi connectivity index (χ0) is 31.5. The van der Waals surface area contributed by atoms with Crippen LogP contribution >= 0.6 is 11.6 Å². The second kappa shape index (κ2) is 15.4. The van der Waals surface area contributed by atoms with Gasteiger partial charge in [0.25, 0.3) is 10.0 Å². The molecule has 0 aliphatic heterocycles. The van der Waals surface area contributed by atoms with Crippen molar-refractivity contribution in [3.63, 3.8) is 0 Å². The number of nitrogens with zero attached hydrogens (tertiary/aromatic N) is 2. The van der Waals surface area contributed by atoms with Crippen LogP contribution in [-0.2, 0) is 32.6 Å². The van der Waals surface area contributed by atoms with Gasteiger partial charge in [0.05, 0.1) is 22.7 Å². The molecular weight excluding hydrogens is 598 g/mol. The summed E-state index contributed by atoms with van der Waals surface area (Å²) in [5.41, 5.74) is 1.85. The van der Waals surface area contributed by atoms with Gasteiger partial charge in [-0.2, -0.15) is 0 Å². The number of rotatable bonds is 14. The average Bonchev–Trinajstić information content (AvgIpc) is 3.05. The lowest BCUT2D eigenvalue weighted by Crippen LogP contribution is -2.53. The number of halogens is 1. The van der Waals surface area contributed by atoms with E-state index < -0.39 is 28.5 Å². The molecule has 44 heavy (non-hydrogen) atoms. The van der Waals surface area contributed by atoms with Gasteiger partial charge >= 0.3 is 0 Å². The Morgan fingerprint density at radius 3 is 2.02 bits per heavy atom. The van der Waals surface area contributed by atoms with Crippen LogP contribution in [-0.4, -0.2) is 51.4 Å². The van der Waals surface area contributed by atoms with E-state index >= 15 is 0 Å². The molecule has 8 nitrogen and oxygen atoms in total. The maximum Gasteiger partial charge on any atom is 0.264 e. The Hall–Kier alpha value is -4.34. The van der Waals surface area contributed by atoms with Crippen LogP contribution in [0.5, 0.6) is 5.75 Å². The van der Waals surface area contributed by atoms with Crippen molar-refractivity contribution in [2.24, 2.45) is 0 Å². The molecule has 0 saturated heterocycles. The summed E-state index contributed by atoms with van der Waals surface area (Å²) < 4.78 is 34.4. The van der Waals surface area contributed by atoms with Crippen molar-refractivity contribution < 1.29 is 22.7 Å². The number of carbonyl (C=O) groups excluding carboxylic acids is 2. The highest BCUT2D eigenvalue weighted by Gasteiger charge is 2.34. The Balaban J connectivity index is 1.80. The third-order valence-electron chi connectivity index (χ3n) is 7.05. The van der Waals surface area contributed by atoms with Crippen LogP contribution in [0.2, 0.25) is 5.02 Å². The lowest BCUT2D eigenvalue weighted by Gasteiger charge is -2.34. The van der Waals surface area contributed by atoms with Gasteiger partial charge in [0.2, 0.25) is 11.8 Å². The molecule has 0 radical (unpaired) electrons. The molecule has 230 valence electrons. The number of ether oxygens (including phenoxy) is 1. The van der Waals surface area contributed by atoms with Crippen LogP contribution in [0, 0.1) is 0 Å². The molecule has 1 atom stereocenters. The van der Waals surface area contributed by atoms with E-state index in [9.17, 15) is 18.0 Å². The third-order valence-corrected chi connectivity index (χ3v) is 9.13. The smallest absolute Gasteiger partial charge is 0.264 e. The van der Waals surface area contributed by atoms with Crippen LogP contribution < -0.4 is 14.4 Å². The Bertz CT molecular complexity index is 1640. The van der Waals surface area contributed by atoms with Gasteiger partial charge in [-0.05, 0) is 47.9 Å². The number of hydrogen-bond donors (Lipinski definition) is 1. The van der Waals surface area contributed by atoms with Crippen molar-refractivity contribution in [2.45, 2.75) is 37.2 Å². The number of amides is 2. The van der Waals surface area contributed by atoms with E-state index in [4.69, 9.17) is 16.3 Å². The van der Waals surface area contributed by atoms with Gasteiger partial charge < -0.3 is 15.0 Å². The van der Waals surface area contributed by atoms with Crippen LogP contribution in [0.3, 0.4) is 0 Å². The van der Waals surface area contributed by atoms with Gasteiger partial charge in [0.1, 0.15) is 18.3 Å². The molecule has 1 unspecified atom stereocenters. The number of anilines is 1. The fourth-order valence-corrected chi connectivity index (χ4v) is 6.44. The molecule has 0 fully saturated rings. The van der Waals surface area contributed by atoms with E-state index in [-0.39, 0.29) is 34.5 Å². The fourth-order valence-electron chi connectivity index (χ4n) is 4.76. The standard InChI is InChI=1S/C34H36ClN3O5S/c1-3-21-36-34(40)31(22-26-13-7-4-8-14-26)37(24-27-15-9-5-10-16-27)33(39)25-38(28-19-20-32(43-2)30(35)23-28)44(41,42)29-17-11-6-12-18-29/h4-20,23,31H,3,21-22,24-25H2,1-2H3,(H,36,40). The molecule has 0 bridgehead atoms. The van der Waals surface area contributed by atoms with E-state index in [1.165, 1.54) is 36.3 Å². The first-order valence-electron chi connectivity index (χ1n) is 14.3. The van der Waals surface area contributed by atoms with Crippen LogP contribution in [0.25, 0.3) is 0 Å². The summed E-state index contributed by atoms with van der Waals surface area (Å²) in [7, 11) is -2.77. The number of benzene rings is 4. The zero-order valence-corrected chi connectivity index (χ0v) is 26.3. The predicted molar refractivity (Wildman–Crippen MR) is 173 cm³/mol. The molecule has 0 aromatic heterocycles. The van der Waals surface area contributed by atoms with Crippen LogP contribution in [0.1, 0.15) is 24.5 Å². The van der Waals surface area contributed by atoms with Crippen LogP contribution in [0.4, 0.5) is 5.69 Å². The first-order valence-corrected chi connectivity index (χ1v) is 16.1. The Morgan fingerprint density at radius 1 is 0.864 bits per heavy atom. The summed E-state index contributed by atoms with van der Waals surface area (Å²) in [5.74, 6) is -0.502. The van der Waals surface area contributed by atoms with E-state index in [2.05, 4.69) is 5.32 Å². The second-order valence-corrected chi connectivity index (χ2v) is 12.4. The normalized spacial score (nSPS) is 11.8. The minimum Gasteiger partial charge on any atom is -0.495 e. The molecule has 0 aliphatic carbocycles. The maximum absolute atomic E-state index is 14.4. The summed E-state index contributed by atoms with van der Waals surface area (Å²) in [6.07, 6.45) is 0.965. The van der Waals surface area contributed by atoms with E-state index in [0.717, 1.165) is 21.9 Å². The maximum atomic E-state index is 14.4. The Labute approximate surface area is 264 Å².